The zero-order chi connectivity index (χ0) is 20.6. The number of benzene rings is 1. The Morgan fingerprint density at radius 3 is 2.83 bits per heavy atom. The van der Waals surface area contributed by atoms with Crippen molar-refractivity contribution in [3.63, 3.8) is 0 Å². The van der Waals surface area contributed by atoms with Crippen molar-refractivity contribution in [2.45, 2.75) is 63.6 Å². The SMILES string of the molecule is CSc1nnc(CCCNC(=O)c2cccc(OCC(C)C)c2)n1C1CCCC1. The van der Waals surface area contributed by atoms with Gasteiger partial charge in [-0.2, -0.15) is 0 Å². The highest BCUT2D eigenvalue weighted by molar-refractivity contribution is 7.98. The second kappa shape index (κ2) is 10.7. The van der Waals surface area contributed by atoms with Gasteiger partial charge in [0.05, 0.1) is 6.61 Å². The minimum absolute atomic E-state index is 0.0675. The number of hydrogen-bond acceptors (Lipinski definition) is 5. The van der Waals surface area contributed by atoms with E-state index in [1.165, 1.54) is 25.7 Å². The molecule has 1 aliphatic carbocycles. The molecule has 7 heteroatoms. The Kier molecular flexibility index (Phi) is 7.98. The Bertz CT molecular complexity index is 800. The van der Waals surface area contributed by atoms with Crippen LogP contribution < -0.4 is 10.1 Å². The maximum atomic E-state index is 12.5. The number of aryl methyl sites for hydroxylation is 1. The van der Waals surface area contributed by atoms with Crippen LogP contribution in [0, 0.1) is 5.92 Å². The molecule has 1 aromatic heterocycles. The van der Waals surface area contributed by atoms with Crippen molar-refractivity contribution in [3.8, 4) is 5.75 Å². The molecule has 0 aliphatic heterocycles. The Hall–Kier alpha value is -2.02. The lowest BCUT2D eigenvalue weighted by molar-refractivity contribution is 0.0952. The van der Waals surface area contributed by atoms with Crippen LogP contribution in [-0.4, -0.2) is 40.1 Å². The summed E-state index contributed by atoms with van der Waals surface area (Å²) >= 11 is 1.66. The summed E-state index contributed by atoms with van der Waals surface area (Å²) in [6.07, 6.45) is 8.71. The fourth-order valence-electron chi connectivity index (χ4n) is 3.69. The Labute approximate surface area is 177 Å². The molecule has 1 aromatic carbocycles. The molecule has 0 bridgehead atoms. The van der Waals surface area contributed by atoms with Gasteiger partial charge in [-0.3, -0.25) is 4.79 Å². The Morgan fingerprint density at radius 2 is 2.10 bits per heavy atom. The minimum atomic E-state index is -0.0675. The molecule has 0 atom stereocenters. The molecule has 1 N–H and O–H groups in total. The zero-order valence-corrected chi connectivity index (χ0v) is 18.5. The number of nitrogens with one attached hydrogen (secondary N) is 1. The van der Waals surface area contributed by atoms with Gasteiger partial charge in [-0.15, -0.1) is 10.2 Å². The van der Waals surface area contributed by atoms with Gasteiger partial charge in [0.15, 0.2) is 5.16 Å². The highest BCUT2D eigenvalue weighted by Gasteiger charge is 2.23. The number of ether oxygens (including phenoxy) is 1. The van der Waals surface area contributed by atoms with Gasteiger partial charge in [0.2, 0.25) is 0 Å². The topological polar surface area (TPSA) is 69.0 Å². The van der Waals surface area contributed by atoms with Gasteiger partial charge in [-0.1, -0.05) is 44.5 Å². The number of hydrogen-bond donors (Lipinski definition) is 1. The molecule has 0 saturated heterocycles. The van der Waals surface area contributed by atoms with Gasteiger partial charge in [0.1, 0.15) is 11.6 Å². The Balaban J connectivity index is 1.50. The standard InChI is InChI=1S/C22H32N4O2S/c1-16(2)15-28-19-11-6-8-17(14-19)21(27)23-13-7-12-20-24-25-22(29-3)26(20)18-9-4-5-10-18/h6,8,11,14,16,18H,4-5,7,9-10,12-13,15H2,1-3H3,(H,23,27). The summed E-state index contributed by atoms with van der Waals surface area (Å²) in [5.41, 5.74) is 0.630. The first-order valence-corrected chi connectivity index (χ1v) is 11.8. The smallest absolute Gasteiger partial charge is 0.251 e. The summed E-state index contributed by atoms with van der Waals surface area (Å²) in [4.78, 5) is 12.5. The fourth-order valence-corrected chi connectivity index (χ4v) is 4.26. The van der Waals surface area contributed by atoms with Crippen molar-refractivity contribution in [2.75, 3.05) is 19.4 Å². The van der Waals surface area contributed by atoms with Crippen LogP contribution >= 0.6 is 11.8 Å². The van der Waals surface area contributed by atoms with Crippen LogP contribution in [-0.2, 0) is 6.42 Å². The maximum absolute atomic E-state index is 12.5. The summed E-state index contributed by atoms with van der Waals surface area (Å²) in [6.45, 7) is 5.46. The summed E-state index contributed by atoms with van der Waals surface area (Å²) < 4.78 is 8.04. The van der Waals surface area contributed by atoms with E-state index in [9.17, 15) is 4.79 Å². The highest BCUT2D eigenvalue weighted by atomic mass is 32.2. The van der Waals surface area contributed by atoms with Gasteiger partial charge in [-0.25, -0.2) is 0 Å². The van der Waals surface area contributed by atoms with E-state index in [-0.39, 0.29) is 5.91 Å². The molecule has 1 aliphatic rings. The quantitative estimate of drug-likeness (QED) is 0.456. The summed E-state index contributed by atoms with van der Waals surface area (Å²) in [5.74, 6) is 2.16. The predicted octanol–water partition coefficient (Wildman–Crippen LogP) is 4.51. The summed E-state index contributed by atoms with van der Waals surface area (Å²) in [7, 11) is 0. The molecule has 0 unspecified atom stereocenters. The van der Waals surface area contributed by atoms with Gasteiger partial charge >= 0.3 is 0 Å². The lowest BCUT2D eigenvalue weighted by Crippen LogP contribution is -2.25. The zero-order valence-electron chi connectivity index (χ0n) is 17.7. The van der Waals surface area contributed by atoms with Crippen LogP contribution in [0.5, 0.6) is 5.75 Å². The third-order valence-electron chi connectivity index (χ3n) is 5.15. The van der Waals surface area contributed by atoms with Crippen LogP contribution in [0.1, 0.15) is 68.2 Å². The molecule has 29 heavy (non-hydrogen) atoms. The van der Waals surface area contributed by atoms with Gasteiger partial charge in [0.25, 0.3) is 5.91 Å². The number of carbonyl (C=O) groups excluding carboxylic acids is 1. The first-order valence-electron chi connectivity index (χ1n) is 10.6. The van der Waals surface area contributed by atoms with E-state index in [0.717, 1.165) is 29.6 Å². The third kappa shape index (κ3) is 5.98. The number of amides is 1. The van der Waals surface area contributed by atoms with Gasteiger partial charge in [0, 0.05) is 24.6 Å². The third-order valence-corrected chi connectivity index (χ3v) is 5.79. The summed E-state index contributed by atoms with van der Waals surface area (Å²) in [6, 6.07) is 7.90. The molecule has 1 saturated carbocycles. The molecule has 0 spiro atoms. The molecular formula is C22H32N4O2S. The molecular weight excluding hydrogens is 384 g/mol. The van der Waals surface area contributed by atoms with E-state index in [0.29, 0.717) is 30.7 Å². The van der Waals surface area contributed by atoms with Crippen LogP contribution in [0.25, 0.3) is 0 Å². The first kappa shape index (κ1) is 21.7. The number of carbonyl (C=O) groups is 1. The van der Waals surface area contributed by atoms with E-state index in [1.807, 2.05) is 18.2 Å². The molecule has 0 radical (unpaired) electrons. The predicted molar refractivity (Wildman–Crippen MR) is 117 cm³/mol. The molecule has 6 nitrogen and oxygen atoms in total. The van der Waals surface area contributed by atoms with E-state index < -0.39 is 0 Å². The highest BCUT2D eigenvalue weighted by Crippen LogP contribution is 2.33. The fraction of sp³-hybridized carbons (Fsp3) is 0.591. The van der Waals surface area contributed by atoms with Crippen molar-refractivity contribution in [1.29, 1.82) is 0 Å². The Morgan fingerprint density at radius 1 is 1.31 bits per heavy atom. The summed E-state index contributed by atoms with van der Waals surface area (Å²) in [5, 5.41) is 12.8. The van der Waals surface area contributed by atoms with Crippen LogP contribution in [0.3, 0.4) is 0 Å². The van der Waals surface area contributed by atoms with Crippen molar-refractivity contribution < 1.29 is 9.53 Å². The lowest BCUT2D eigenvalue weighted by atomic mass is 10.2. The average Bonchev–Trinajstić information content (AvgIpc) is 3.38. The van der Waals surface area contributed by atoms with Crippen LogP contribution in [0.15, 0.2) is 29.4 Å². The molecule has 158 valence electrons. The lowest BCUT2D eigenvalue weighted by Gasteiger charge is -2.16. The van der Waals surface area contributed by atoms with Crippen molar-refractivity contribution in [2.24, 2.45) is 5.92 Å². The van der Waals surface area contributed by atoms with Crippen molar-refractivity contribution >= 4 is 17.7 Å². The number of rotatable bonds is 10. The van der Waals surface area contributed by atoms with E-state index in [1.54, 1.807) is 17.8 Å². The second-order valence-electron chi connectivity index (χ2n) is 8.00. The average molecular weight is 417 g/mol. The number of aromatic nitrogens is 3. The molecule has 3 rings (SSSR count). The second-order valence-corrected chi connectivity index (χ2v) is 8.78. The van der Waals surface area contributed by atoms with Crippen LogP contribution in [0.2, 0.25) is 0 Å². The maximum Gasteiger partial charge on any atom is 0.251 e. The normalized spacial score (nSPS) is 14.5. The van der Waals surface area contributed by atoms with Gasteiger partial charge < -0.3 is 14.6 Å². The van der Waals surface area contributed by atoms with Crippen molar-refractivity contribution in [3.05, 3.63) is 35.7 Å². The van der Waals surface area contributed by atoms with E-state index in [2.05, 4.69) is 40.2 Å². The number of nitrogens with zero attached hydrogens (tertiary/aromatic N) is 3. The molecule has 1 heterocycles. The van der Waals surface area contributed by atoms with E-state index >= 15 is 0 Å². The van der Waals surface area contributed by atoms with Crippen molar-refractivity contribution in [1.82, 2.24) is 20.1 Å². The molecule has 2 aromatic rings. The number of thioether (sulfide) groups is 1. The minimum Gasteiger partial charge on any atom is -0.493 e. The van der Waals surface area contributed by atoms with E-state index in [4.69, 9.17) is 4.74 Å². The van der Waals surface area contributed by atoms with Gasteiger partial charge in [-0.05, 0) is 49.6 Å². The molecule has 1 amide bonds. The monoisotopic (exact) mass is 416 g/mol. The first-order chi connectivity index (χ1) is 14.1. The molecule has 1 fully saturated rings. The largest absolute Gasteiger partial charge is 0.493 e. The van der Waals surface area contributed by atoms with Crippen LogP contribution in [0.4, 0.5) is 0 Å².